The molecule has 1 fully saturated rings. The first kappa shape index (κ1) is 33.5. The molecule has 1 heterocycles. The van der Waals surface area contributed by atoms with E-state index in [1.807, 2.05) is 37.2 Å². The fraction of sp³-hybridized carbons (Fsp3) is 0.467. The zero-order chi connectivity index (χ0) is 30.8. The van der Waals surface area contributed by atoms with Crippen LogP contribution in [0, 0.1) is 0 Å². The summed E-state index contributed by atoms with van der Waals surface area (Å²) in [7, 11) is 0.599. The third-order valence-electron chi connectivity index (χ3n) is 7.47. The number of carbonyl (C=O) groups is 2. The van der Waals surface area contributed by atoms with Crippen LogP contribution in [-0.4, -0.2) is 81.6 Å². The molecule has 0 radical (unpaired) electrons. The maximum atomic E-state index is 12.2. The SMILES string of the molecule is CN(C)CCCS(=O)(=O)NCCOc1ccc2c(c1)C(C1(c3ccc(Cl)cc3)CCC1)NCC2.O=C(O)C=CC(=O)O. The molecule has 2 aromatic rings. The molecule has 4 rings (SSSR count). The molecule has 1 unspecified atom stereocenters. The fourth-order valence-electron chi connectivity index (χ4n) is 5.35. The first-order valence-corrected chi connectivity index (χ1v) is 16.0. The van der Waals surface area contributed by atoms with Crippen molar-refractivity contribution >= 4 is 33.6 Å². The third kappa shape index (κ3) is 9.81. The largest absolute Gasteiger partial charge is 0.492 e. The summed E-state index contributed by atoms with van der Waals surface area (Å²) in [6.07, 6.45) is 6.23. The monoisotopic (exact) mass is 621 g/mol. The van der Waals surface area contributed by atoms with E-state index < -0.39 is 22.0 Å². The van der Waals surface area contributed by atoms with Crippen molar-refractivity contribution in [2.45, 2.75) is 43.6 Å². The van der Waals surface area contributed by atoms with Gasteiger partial charge in [-0.25, -0.2) is 22.7 Å². The van der Waals surface area contributed by atoms with Gasteiger partial charge in [0.15, 0.2) is 0 Å². The molecule has 0 amide bonds. The summed E-state index contributed by atoms with van der Waals surface area (Å²) in [5.41, 5.74) is 4.06. The third-order valence-corrected chi connectivity index (χ3v) is 9.19. The second-order valence-electron chi connectivity index (χ2n) is 10.7. The summed E-state index contributed by atoms with van der Waals surface area (Å²) < 4.78 is 32.9. The van der Waals surface area contributed by atoms with E-state index in [1.165, 1.54) is 23.1 Å². The molecule has 1 aliphatic heterocycles. The first-order chi connectivity index (χ1) is 19.9. The molecule has 1 saturated carbocycles. The molecule has 2 aliphatic rings. The highest BCUT2D eigenvalue weighted by Crippen LogP contribution is 2.53. The zero-order valence-corrected chi connectivity index (χ0v) is 25.6. The summed E-state index contributed by atoms with van der Waals surface area (Å²) >= 11 is 6.16. The minimum atomic E-state index is -3.28. The van der Waals surface area contributed by atoms with Crippen molar-refractivity contribution in [3.8, 4) is 5.75 Å². The van der Waals surface area contributed by atoms with E-state index in [1.54, 1.807) is 0 Å². The van der Waals surface area contributed by atoms with Crippen LogP contribution in [0.25, 0.3) is 0 Å². The molecule has 230 valence electrons. The molecule has 0 spiro atoms. The summed E-state index contributed by atoms with van der Waals surface area (Å²) in [4.78, 5) is 21.1. The van der Waals surface area contributed by atoms with E-state index in [9.17, 15) is 18.0 Å². The van der Waals surface area contributed by atoms with Crippen molar-refractivity contribution in [3.05, 3.63) is 76.3 Å². The van der Waals surface area contributed by atoms with Crippen molar-refractivity contribution in [1.82, 2.24) is 14.9 Å². The van der Waals surface area contributed by atoms with Gasteiger partial charge in [-0.3, -0.25) is 0 Å². The number of fused-ring (bicyclic) bond motifs is 1. The van der Waals surface area contributed by atoms with E-state index in [-0.39, 0.29) is 23.8 Å². The van der Waals surface area contributed by atoms with E-state index in [0.717, 1.165) is 43.1 Å². The van der Waals surface area contributed by atoms with Gasteiger partial charge >= 0.3 is 11.9 Å². The Morgan fingerprint density at radius 3 is 2.36 bits per heavy atom. The molecular weight excluding hydrogens is 582 g/mol. The molecule has 4 N–H and O–H groups in total. The van der Waals surface area contributed by atoms with E-state index >= 15 is 0 Å². The number of nitrogens with one attached hydrogen (secondary N) is 2. The van der Waals surface area contributed by atoms with Crippen LogP contribution < -0.4 is 14.8 Å². The van der Waals surface area contributed by atoms with Gasteiger partial charge in [0.25, 0.3) is 0 Å². The van der Waals surface area contributed by atoms with Gasteiger partial charge in [-0.15, -0.1) is 0 Å². The Balaban J connectivity index is 0.000000531. The van der Waals surface area contributed by atoms with Gasteiger partial charge in [0.1, 0.15) is 12.4 Å². The van der Waals surface area contributed by atoms with Gasteiger partial charge in [0.05, 0.1) is 5.75 Å². The van der Waals surface area contributed by atoms with Crippen LogP contribution in [0.15, 0.2) is 54.6 Å². The summed E-state index contributed by atoms with van der Waals surface area (Å²) in [5.74, 6) is -1.60. The molecule has 1 atom stereocenters. The maximum Gasteiger partial charge on any atom is 0.328 e. The predicted octanol–water partition coefficient (Wildman–Crippen LogP) is 3.61. The Hall–Kier alpha value is -2.96. The Morgan fingerprint density at radius 2 is 1.79 bits per heavy atom. The Kier molecular flexibility index (Phi) is 12.4. The molecule has 1 aliphatic carbocycles. The molecule has 0 bridgehead atoms. The number of rotatable bonds is 13. The number of carboxylic acids is 2. The lowest BCUT2D eigenvalue weighted by molar-refractivity contribution is -0.134. The zero-order valence-electron chi connectivity index (χ0n) is 24.0. The van der Waals surface area contributed by atoms with Crippen LogP contribution in [0.5, 0.6) is 5.75 Å². The topological polar surface area (TPSA) is 145 Å². The fourth-order valence-corrected chi connectivity index (χ4v) is 6.52. The van der Waals surface area contributed by atoms with Crippen LogP contribution in [-0.2, 0) is 31.4 Å². The lowest BCUT2D eigenvalue weighted by atomic mass is 9.58. The van der Waals surface area contributed by atoms with Gasteiger partial charge in [-0.1, -0.05) is 36.2 Å². The van der Waals surface area contributed by atoms with Gasteiger partial charge < -0.3 is 25.2 Å². The Morgan fingerprint density at radius 1 is 1.12 bits per heavy atom. The van der Waals surface area contributed by atoms with Gasteiger partial charge in [-0.05, 0) is 93.8 Å². The van der Waals surface area contributed by atoms with Crippen molar-refractivity contribution in [1.29, 1.82) is 0 Å². The molecule has 10 nitrogen and oxygen atoms in total. The quantitative estimate of drug-likeness (QED) is 0.195. The van der Waals surface area contributed by atoms with Crippen LogP contribution in [0.1, 0.15) is 48.4 Å². The number of aliphatic carboxylic acids is 2. The van der Waals surface area contributed by atoms with E-state index in [2.05, 4.69) is 34.3 Å². The van der Waals surface area contributed by atoms with E-state index in [4.69, 9.17) is 26.6 Å². The number of ether oxygens (including phenoxy) is 1. The Bertz CT molecular complexity index is 1330. The molecular formula is C30H40ClN3O7S. The highest BCUT2D eigenvalue weighted by Gasteiger charge is 2.47. The molecule has 0 aromatic heterocycles. The van der Waals surface area contributed by atoms with Gasteiger partial charge in [0, 0.05) is 35.2 Å². The average Bonchev–Trinajstić information content (AvgIpc) is 2.90. The van der Waals surface area contributed by atoms with Crippen molar-refractivity contribution in [2.24, 2.45) is 0 Å². The summed E-state index contributed by atoms with van der Waals surface area (Å²) in [6, 6.07) is 14.9. The predicted molar refractivity (Wildman–Crippen MR) is 163 cm³/mol. The number of hydrogen-bond acceptors (Lipinski definition) is 7. The van der Waals surface area contributed by atoms with Crippen molar-refractivity contribution in [2.75, 3.05) is 46.1 Å². The summed E-state index contributed by atoms with van der Waals surface area (Å²) in [6.45, 7) is 2.27. The minimum Gasteiger partial charge on any atom is -0.492 e. The standard InChI is InChI=1S/C26H36ClN3O3S.C4H4O4/c1-30(2)16-4-18-34(31,32)29-15-17-33-23-10-5-20-11-14-28-25(24(20)19-23)26(12-3-13-26)21-6-8-22(27)9-7-21;5-3(6)1-2-4(7)8/h5-10,19,25,28-29H,3-4,11-18H2,1-2H3;1-2H,(H,5,6)(H,7,8). The smallest absolute Gasteiger partial charge is 0.328 e. The molecule has 42 heavy (non-hydrogen) atoms. The second-order valence-corrected chi connectivity index (χ2v) is 13.1. The first-order valence-electron chi connectivity index (χ1n) is 13.9. The average molecular weight is 622 g/mol. The highest BCUT2D eigenvalue weighted by atomic mass is 35.5. The molecule has 0 saturated heterocycles. The number of carboxylic acid groups (broad SMARTS) is 2. The number of sulfonamides is 1. The van der Waals surface area contributed by atoms with Crippen LogP contribution >= 0.6 is 11.6 Å². The lowest BCUT2D eigenvalue weighted by Crippen LogP contribution is -2.49. The van der Waals surface area contributed by atoms with Crippen LogP contribution in [0.2, 0.25) is 5.02 Å². The van der Waals surface area contributed by atoms with Crippen LogP contribution in [0.4, 0.5) is 0 Å². The molecule has 12 heteroatoms. The van der Waals surface area contributed by atoms with Crippen molar-refractivity contribution in [3.63, 3.8) is 0 Å². The highest BCUT2D eigenvalue weighted by molar-refractivity contribution is 7.89. The number of benzene rings is 2. The summed E-state index contributed by atoms with van der Waals surface area (Å²) in [5, 5.41) is 20.2. The number of nitrogens with zero attached hydrogens (tertiary/aromatic N) is 1. The van der Waals surface area contributed by atoms with Crippen LogP contribution in [0.3, 0.4) is 0 Å². The van der Waals surface area contributed by atoms with Gasteiger partial charge in [0.2, 0.25) is 10.0 Å². The second kappa shape index (κ2) is 15.5. The number of hydrogen-bond donors (Lipinski definition) is 4. The van der Waals surface area contributed by atoms with E-state index in [0.29, 0.717) is 25.2 Å². The minimum absolute atomic E-state index is 0.0700. The van der Waals surface area contributed by atoms with Crippen molar-refractivity contribution < 1.29 is 33.0 Å². The normalized spacial score (nSPS) is 17.6. The Labute approximate surface area is 252 Å². The number of halogens is 1. The lowest BCUT2D eigenvalue weighted by Gasteiger charge is -2.50. The maximum absolute atomic E-state index is 12.2. The molecule has 2 aromatic carbocycles. The van der Waals surface area contributed by atoms with Gasteiger partial charge in [-0.2, -0.15) is 0 Å².